The van der Waals surface area contributed by atoms with Crippen molar-refractivity contribution in [2.75, 3.05) is 19.4 Å². The van der Waals surface area contributed by atoms with E-state index in [2.05, 4.69) is 10.6 Å². The number of amides is 2. The first-order valence-electron chi connectivity index (χ1n) is 5.96. The Morgan fingerprint density at radius 3 is 2.50 bits per heavy atom. The smallest absolute Gasteiger partial charge is 0.326 e. The zero-order chi connectivity index (χ0) is 13.6. The minimum Gasteiger partial charge on any atom is -0.480 e. The Labute approximate surface area is 111 Å². The van der Waals surface area contributed by atoms with Crippen LogP contribution in [0.4, 0.5) is 4.79 Å². The lowest BCUT2D eigenvalue weighted by Crippen LogP contribution is -2.51. The second-order valence-electron chi connectivity index (χ2n) is 4.47. The Hall–Kier alpha value is -0.950. The molecule has 1 aliphatic carbocycles. The van der Waals surface area contributed by atoms with Crippen LogP contribution >= 0.6 is 11.8 Å². The Morgan fingerprint density at radius 2 is 2.11 bits per heavy atom. The summed E-state index contributed by atoms with van der Waals surface area (Å²) in [5.41, 5.74) is 0. The highest BCUT2D eigenvalue weighted by atomic mass is 32.2. The van der Waals surface area contributed by atoms with Crippen LogP contribution in [0.2, 0.25) is 0 Å². The molecule has 1 fully saturated rings. The van der Waals surface area contributed by atoms with Gasteiger partial charge in [0.1, 0.15) is 6.04 Å². The Bertz CT molecular complexity index is 302. The minimum absolute atomic E-state index is 0.0103. The number of aliphatic hydroxyl groups excluding tert-OH is 1. The lowest BCUT2D eigenvalue weighted by atomic mass is 9.84. The van der Waals surface area contributed by atoms with Crippen LogP contribution < -0.4 is 10.6 Å². The summed E-state index contributed by atoms with van der Waals surface area (Å²) in [5.74, 6) is -1.14. The first-order valence-corrected chi connectivity index (χ1v) is 7.19. The van der Waals surface area contributed by atoms with Gasteiger partial charge in [0.2, 0.25) is 0 Å². The van der Waals surface area contributed by atoms with Crippen molar-refractivity contribution in [2.45, 2.75) is 36.5 Å². The average molecular weight is 276 g/mol. The van der Waals surface area contributed by atoms with Crippen molar-refractivity contribution in [1.29, 1.82) is 0 Å². The van der Waals surface area contributed by atoms with Crippen molar-refractivity contribution >= 4 is 23.8 Å². The molecular weight excluding hydrogens is 256 g/mol. The predicted octanol–water partition coefficient (Wildman–Crippen LogP) is 0.407. The number of rotatable bonds is 7. The maximum absolute atomic E-state index is 11.6. The summed E-state index contributed by atoms with van der Waals surface area (Å²) >= 11 is 1.74. The number of carboxylic acid groups (broad SMARTS) is 1. The monoisotopic (exact) mass is 276 g/mol. The number of carbonyl (C=O) groups is 2. The Balaban J connectivity index is 2.33. The molecule has 2 amide bonds. The van der Waals surface area contributed by atoms with E-state index < -0.39 is 18.0 Å². The van der Waals surface area contributed by atoms with Crippen molar-refractivity contribution in [1.82, 2.24) is 10.6 Å². The number of nitrogens with one attached hydrogen (secondary N) is 2. The van der Waals surface area contributed by atoms with Gasteiger partial charge >= 0.3 is 12.0 Å². The molecule has 104 valence electrons. The predicted molar refractivity (Wildman–Crippen MR) is 69.8 cm³/mol. The molecule has 0 radical (unpaired) electrons. The van der Waals surface area contributed by atoms with Crippen LogP contribution in [-0.4, -0.2) is 52.4 Å². The van der Waals surface area contributed by atoms with E-state index in [1.807, 2.05) is 6.26 Å². The topological polar surface area (TPSA) is 98.7 Å². The number of aliphatic hydroxyl groups is 1. The summed E-state index contributed by atoms with van der Waals surface area (Å²) in [6.45, 7) is 0.275. The number of thioether (sulfide) groups is 1. The number of hydrogen-bond acceptors (Lipinski definition) is 4. The quantitative estimate of drug-likeness (QED) is 0.540. The highest BCUT2D eigenvalue weighted by Crippen LogP contribution is 2.42. The van der Waals surface area contributed by atoms with Crippen molar-refractivity contribution in [3.8, 4) is 0 Å². The summed E-state index contributed by atoms with van der Waals surface area (Å²) in [4.78, 5) is 22.4. The molecule has 1 rings (SSSR count). The molecule has 7 heteroatoms. The van der Waals surface area contributed by atoms with Gasteiger partial charge in [-0.3, -0.25) is 0 Å². The molecule has 0 aromatic heterocycles. The van der Waals surface area contributed by atoms with Gasteiger partial charge < -0.3 is 20.8 Å². The van der Waals surface area contributed by atoms with Crippen molar-refractivity contribution in [3.63, 3.8) is 0 Å². The third-order valence-corrected chi connectivity index (χ3v) is 4.71. The highest BCUT2D eigenvalue weighted by molar-refractivity contribution is 8.00. The maximum atomic E-state index is 11.6. The van der Waals surface area contributed by atoms with Gasteiger partial charge in [0.15, 0.2) is 0 Å². The summed E-state index contributed by atoms with van der Waals surface area (Å²) in [6.07, 6.45) is 5.36. The van der Waals surface area contributed by atoms with Crippen LogP contribution in [0.5, 0.6) is 0 Å². The molecule has 1 atom stereocenters. The van der Waals surface area contributed by atoms with Crippen molar-refractivity contribution < 1.29 is 19.8 Å². The maximum Gasteiger partial charge on any atom is 0.326 e. The fourth-order valence-corrected chi connectivity index (χ4v) is 2.77. The first-order chi connectivity index (χ1) is 8.53. The molecule has 6 nitrogen and oxygen atoms in total. The van der Waals surface area contributed by atoms with E-state index in [4.69, 9.17) is 10.2 Å². The molecule has 0 spiro atoms. The van der Waals surface area contributed by atoms with Gasteiger partial charge in [0, 0.05) is 24.3 Å². The van der Waals surface area contributed by atoms with Crippen molar-refractivity contribution in [2.24, 2.45) is 0 Å². The van der Waals surface area contributed by atoms with Gasteiger partial charge in [-0.05, 0) is 19.1 Å². The summed E-state index contributed by atoms with van der Waals surface area (Å²) in [5, 5.41) is 22.6. The first kappa shape index (κ1) is 15.1. The van der Waals surface area contributed by atoms with E-state index in [0.717, 1.165) is 12.8 Å². The van der Waals surface area contributed by atoms with Gasteiger partial charge in [-0.1, -0.05) is 6.42 Å². The van der Waals surface area contributed by atoms with Crippen LogP contribution in [0.1, 0.15) is 25.7 Å². The van der Waals surface area contributed by atoms with Crippen LogP contribution in [0.25, 0.3) is 0 Å². The number of carboxylic acids is 1. The molecule has 1 aliphatic rings. The zero-order valence-electron chi connectivity index (χ0n) is 10.4. The van der Waals surface area contributed by atoms with E-state index in [9.17, 15) is 9.59 Å². The lowest BCUT2D eigenvalue weighted by molar-refractivity contribution is -0.139. The second kappa shape index (κ2) is 6.84. The van der Waals surface area contributed by atoms with Crippen LogP contribution in [-0.2, 0) is 4.79 Å². The largest absolute Gasteiger partial charge is 0.480 e. The van der Waals surface area contributed by atoms with E-state index in [0.29, 0.717) is 6.54 Å². The SMILES string of the molecule is CSC1(CNC(=O)N[C@@H](CCO)C(=O)O)CCC1. The fraction of sp³-hybridized carbons (Fsp3) is 0.818. The van der Waals surface area contributed by atoms with Gasteiger partial charge in [0.25, 0.3) is 0 Å². The summed E-state index contributed by atoms with van der Waals surface area (Å²) in [6, 6.07) is -1.53. The van der Waals surface area contributed by atoms with Crippen molar-refractivity contribution in [3.05, 3.63) is 0 Å². The number of urea groups is 1. The molecule has 0 aromatic carbocycles. The van der Waals surface area contributed by atoms with Gasteiger partial charge in [-0.25, -0.2) is 9.59 Å². The standard InChI is InChI=1S/C11H20N2O4S/c1-18-11(4-2-5-11)7-12-10(17)13-8(3-6-14)9(15)16/h8,14H,2-7H2,1H3,(H,15,16)(H2,12,13,17)/t8-/m0/s1. The molecule has 0 heterocycles. The average Bonchev–Trinajstić information content (AvgIpc) is 2.27. The molecule has 0 aromatic rings. The van der Waals surface area contributed by atoms with Gasteiger partial charge in [-0.2, -0.15) is 11.8 Å². The Morgan fingerprint density at radius 1 is 1.44 bits per heavy atom. The molecule has 0 saturated heterocycles. The molecule has 18 heavy (non-hydrogen) atoms. The Kier molecular flexibility index (Phi) is 5.74. The molecule has 1 saturated carbocycles. The van der Waals surface area contributed by atoms with Crippen LogP contribution in [0.3, 0.4) is 0 Å². The number of aliphatic carboxylic acids is 1. The molecular formula is C11H20N2O4S. The summed E-state index contributed by atoms with van der Waals surface area (Å²) in [7, 11) is 0. The molecule has 0 unspecified atom stereocenters. The van der Waals surface area contributed by atoms with E-state index in [-0.39, 0.29) is 17.8 Å². The highest BCUT2D eigenvalue weighted by Gasteiger charge is 2.36. The fourth-order valence-electron chi connectivity index (χ4n) is 1.86. The van der Waals surface area contributed by atoms with E-state index in [1.54, 1.807) is 11.8 Å². The van der Waals surface area contributed by atoms with Gasteiger partial charge in [0.05, 0.1) is 0 Å². The normalized spacial score (nSPS) is 18.6. The lowest BCUT2D eigenvalue weighted by Gasteiger charge is -2.40. The number of hydrogen-bond donors (Lipinski definition) is 4. The van der Waals surface area contributed by atoms with Gasteiger partial charge in [-0.15, -0.1) is 0 Å². The van der Waals surface area contributed by atoms with E-state index in [1.165, 1.54) is 6.42 Å². The minimum atomic E-state index is -1.14. The third-order valence-electron chi connectivity index (χ3n) is 3.29. The zero-order valence-corrected chi connectivity index (χ0v) is 11.3. The van der Waals surface area contributed by atoms with Crippen LogP contribution in [0, 0.1) is 0 Å². The summed E-state index contributed by atoms with van der Waals surface area (Å²) < 4.78 is 0.118. The second-order valence-corrected chi connectivity index (χ2v) is 5.75. The third kappa shape index (κ3) is 4.06. The number of carbonyl (C=O) groups excluding carboxylic acids is 1. The van der Waals surface area contributed by atoms with E-state index >= 15 is 0 Å². The van der Waals surface area contributed by atoms with Crippen LogP contribution in [0.15, 0.2) is 0 Å². The molecule has 0 bridgehead atoms. The molecule has 4 N–H and O–H groups in total. The molecule has 0 aliphatic heterocycles.